The summed E-state index contributed by atoms with van der Waals surface area (Å²) in [4.78, 5) is 0. The van der Waals surface area contributed by atoms with Gasteiger partial charge in [0.15, 0.2) is 0 Å². The highest BCUT2D eigenvalue weighted by atomic mass is 32.2. The second-order valence-corrected chi connectivity index (χ2v) is 6.02. The third-order valence-electron chi connectivity index (χ3n) is 3.31. The van der Waals surface area contributed by atoms with Crippen LogP contribution in [0.3, 0.4) is 0 Å². The lowest BCUT2D eigenvalue weighted by molar-refractivity contribution is 0.432. The van der Waals surface area contributed by atoms with E-state index in [0.717, 1.165) is 18.1 Å². The molecule has 0 aliphatic heterocycles. The van der Waals surface area contributed by atoms with Gasteiger partial charge in [0, 0.05) is 5.25 Å². The summed E-state index contributed by atoms with van der Waals surface area (Å²) in [7, 11) is 0. The van der Waals surface area contributed by atoms with E-state index < -0.39 is 0 Å². The molecule has 0 spiro atoms. The summed E-state index contributed by atoms with van der Waals surface area (Å²) in [5, 5.41) is 9.90. The molecule has 0 N–H and O–H groups in total. The van der Waals surface area contributed by atoms with Crippen molar-refractivity contribution in [2.24, 2.45) is 0 Å². The Labute approximate surface area is 84.9 Å². The molecular formula is C11H17NS. The molecule has 0 heterocycles. The minimum Gasteiger partial charge on any atom is -0.197 e. The van der Waals surface area contributed by atoms with E-state index in [-0.39, 0.29) is 4.75 Å². The van der Waals surface area contributed by atoms with Gasteiger partial charge in [-0.25, -0.2) is 0 Å². The van der Waals surface area contributed by atoms with Gasteiger partial charge in [-0.1, -0.05) is 19.3 Å². The quantitative estimate of drug-likeness (QED) is 0.673. The summed E-state index contributed by atoms with van der Waals surface area (Å²) in [6.07, 6.45) is 10.5. The summed E-state index contributed by atoms with van der Waals surface area (Å²) in [6.45, 7) is 0. The predicted molar refractivity (Wildman–Crippen MR) is 56.7 cm³/mol. The Balaban J connectivity index is 1.85. The molecule has 0 atom stereocenters. The Bertz CT molecular complexity index is 209. The Morgan fingerprint density at radius 3 is 2.23 bits per heavy atom. The topological polar surface area (TPSA) is 23.8 Å². The number of hydrogen-bond acceptors (Lipinski definition) is 2. The molecule has 72 valence electrons. The second kappa shape index (κ2) is 3.92. The fourth-order valence-electron chi connectivity index (χ4n) is 2.26. The summed E-state index contributed by atoms with van der Waals surface area (Å²) in [6, 6.07) is 2.53. The number of nitrogens with zero attached hydrogens (tertiary/aromatic N) is 1. The van der Waals surface area contributed by atoms with Gasteiger partial charge in [0.2, 0.25) is 0 Å². The smallest absolute Gasteiger partial charge is 0.103 e. The summed E-state index contributed by atoms with van der Waals surface area (Å²) >= 11 is 1.99. The Morgan fingerprint density at radius 1 is 1.08 bits per heavy atom. The Kier molecular flexibility index (Phi) is 2.83. The summed E-state index contributed by atoms with van der Waals surface area (Å²) < 4.78 is 0.0437. The first-order chi connectivity index (χ1) is 6.35. The van der Waals surface area contributed by atoms with E-state index in [0.29, 0.717) is 0 Å². The number of rotatable bonds is 2. The van der Waals surface area contributed by atoms with E-state index in [1.807, 2.05) is 11.8 Å². The minimum absolute atomic E-state index is 0.0437. The van der Waals surface area contributed by atoms with Crippen molar-refractivity contribution < 1.29 is 0 Å². The van der Waals surface area contributed by atoms with Crippen LogP contribution in [0.1, 0.15) is 51.4 Å². The van der Waals surface area contributed by atoms with Crippen molar-refractivity contribution in [3.05, 3.63) is 0 Å². The van der Waals surface area contributed by atoms with Crippen LogP contribution in [0.4, 0.5) is 0 Å². The minimum atomic E-state index is 0.0437. The number of hydrogen-bond donors (Lipinski definition) is 0. The van der Waals surface area contributed by atoms with Gasteiger partial charge in [-0.15, -0.1) is 11.8 Å². The second-order valence-electron chi connectivity index (χ2n) is 4.34. The van der Waals surface area contributed by atoms with Gasteiger partial charge in [0.25, 0.3) is 0 Å². The zero-order valence-electron chi connectivity index (χ0n) is 8.09. The van der Waals surface area contributed by atoms with Crippen molar-refractivity contribution in [1.29, 1.82) is 5.26 Å². The van der Waals surface area contributed by atoms with Gasteiger partial charge in [-0.2, -0.15) is 5.26 Å². The van der Waals surface area contributed by atoms with Crippen LogP contribution in [0.5, 0.6) is 0 Å². The molecular weight excluding hydrogens is 178 g/mol. The van der Waals surface area contributed by atoms with E-state index >= 15 is 0 Å². The van der Waals surface area contributed by atoms with Gasteiger partial charge in [0.05, 0.1) is 6.07 Å². The highest BCUT2D eigenvalue weighted by molar-refractivity contribution is 8.01. The van der Waals surface area contributed by atoms with Crippen molar-refractivity contribution in [3.63, 3.8) is 0 Å². The first-order valence-corrected chi connectivity index (χ1v) is 6.32. The molecule has 2 saturated carbocycles. The first-order valence-electron chi connectivity index (χ1n) is 5.44. The van der Waals surface area contributed by atoms with Crippen molar-refractivity contribution in [3.8, 4) is 6.07 Å². The Morgan fingerprint density at radius 2 is 1.77 bits per heavy atom. The maximum absolute atomic E-state index is 9.10. The molecule has 0 bridgehead atoms. The van der Waals surface area contributed by atoms with Crippen molar-refractivity contribution in [1.82, 2.24) is 0 Å². The molecule has 13 heavy (non-hydrogen) atoms. The lowest BCUT2D eigenvalue weighted by Crippen LogP contribution is -2.34. The van der Waals surface area contributed by atoms with E-state index in [2.05, 4.69) is 6.07 Å². The maximum Gasteiger partial charge on any atom is 0.103 e. The molecule has 1 nitrogen and oxygen atoms in total. The number of thioether (sulfide) groups is 1. The van der Waals surface area contributed by atoms with E-state index in [1.54, 1.807) is 0 Å². The molecule has 2 rings (SSSR count). The van der Waals surface area contributed by atoms with Gasteiger partial charge >= 0.3 is 0 Å². The van der Waals surface area contributed by atoms with Crippen molar-refractivity contribution in [2.45, 2.75) is 61.4 Å². The molecule has 0 aromatic heterocycles. The van der Waals surface area contributed by atoms with Crippen LogP contribution in [-0.4, -0.2) is 10.00 Å². The molecule has 2 aliphatic rings. The fourth-order valence-corrected chi connectivity index (χ4v) is 4.04. The normalized spacial score (nSPS) is 27.6. The molecule has 0 aromatic carbocycles. The zero-order chi connectivity index (χ0) is 9.15. The highest BCUT2D eigenvalue weighted by Crippen LogP contribution is 2.48. The van der Waals surface area contributed by atoms with Gasteiger partial charge in [-0.3, -0.25) is 0 Å². The van der Waals surface area contributed by atoms with Gasteiger partial charge in [0.1, 0.15) is 4.75 Å². The van der Waals surface area contributed by atoms with Crippen LogP contribution in [0, 0.1) is 11.3 Å². The van der Waals surface area contributed by atoms with Gasteiger partial charge < -0.3 is 0 Å². The van der Waals surface area contributed by atoms with E-state index in [1.165, 1.54) is 38.5 Å². The number of nitriles is 1. The fraction of sp³-hybridized carbons (Fsp3) is 0.909. The Hall–Kier alpha value is -0.160. The van der Waals surface area contributed by atoms with E-state index in [9.17, 15) is 0 Å². The molecule has 0 aromatic rings. The lowest BCUT2D eigenvalue weighted by atomic mass is 9.86. The lowest BCUT2D eigenvalue weighted by Gasteiger charge is -2.38. The average Bonchev–Trinajstić information content (AvgIpc) is 2.13. The maximum atomic E-state index is 9.10. The largest absolute Gasteiger partial charge is 0.197 e. The standard InChI is InChI=1S/C11H17NS/c12-9-11(7-4-8-11)13-10-5-2-1-3-6-10/h10H,1-8H2. The third-order valence-corrected chi connectivity index (χ3v) is 5.06. The SMILES string of the molecule is N#CC1(SC2CCCCC2)CCC1. The van der Waals surface area contributed by atoms with Crippen LogP contribution >= 0.6 is 11.8 Å². The van der Waals surface area contributed by atoms with Crippen LogP contribution in [0.2, 0.25) is 0 Å². The monoisotopic (exact) mass is 195 g/mol. The molecule has 0 amide bonds. The molecule has 2 aliphatic carbocycles. The van der Waals surface area contributed by atoms with Crippen LogP contribution in [-0.2, 0) is 0 Å². The first kappa shape index (κ1) is 9.40. The zero-order valence-corrected chi connectivity index (χ0v) is 8.91. The van der Waals surface area contributed by atoms with Crippen molar-refractivity contribution >= 4 is 11.8 Å². The van der Waals surface area contributed by atoms with Crippen LogP contribution in [0.15, 0.2) is 0 Å². The highest BCUT2D eigenvalue weighted by Gasteiger charge is 2.40. The molecule has 2 fully saturated rings. The summed E-state index contributed by atoms with van der Waals surface area (Å²) in [5.41, 5.74) is 0. The average molecular weight is 195 g/mol. The molecule has 0 radical (unpaired) electrons. The van der Waals surface area contributed by atoms with Crippen LogP contribution in [0.25, 0.3) is 0 Å². The van der Waals surface area contributed by atoms with Crippen molar-refractivity contribution in [2.75, 3.05) is 0 Å². The van der Waals surface area contributed by atoms with Crippen LogP contribution < -0.4 is 0 Å². The molecule has 0 saturated heterocycles. The summed E-state index contributed by atoms with van der Waals surface area (Å²) in [5.74, 6) is 0. The van der Waals surface area contributed by atoms with E-state index in [4.69, 9.17) is 5.26 Å². The molecule has 0 unspecified atom stereocenters. The molecule has 2 heteroatoms. The van der Waals surface area contributed by atoms with Gasteiger partial charge in [-0.05, 0) is 32.1 Å². The third kappa shape index (κ3) is 2.02. The predicted octanol–water partition coefficient (Wildman–Crippen LogP) is 3.50.